The average Bonchev–Trinajstić information content (AvgIpc) is 3.20. The molecule has 4 rings (SSSR count). The lowest BCUT2D eigenvalue weighted by Crippen LogP contribution is -2.48. The van der Waals surface area contributed by atoms with Gasteiger partial charge in [-0.1, -0.05) is 18.2 Å². The minimum Gasteiger partial charge on any atom is -0.347 e. The molecule has 136 valence electrons. The summed E-state index contributed by atoms with van der Waals surface area (Å²) in [5, 5.41) is 2.86. The number of amides is 2. The molecule has 1 heterocycles. The number of anilines is 1. The van der Waals surface area contributed by atoms with Crippen molar-refractivity contribution in [1.82, 2.24) is 5.32 Å². The normalized spacial score (nSPS) is 29.7. The molecule has 1 aromatic rings. The van der Waals surface area contributed by atoms with E-state index in [2.05, 4.69) is 11.4 Å². The first-order valence-electron chi connectivity index (χ1n) is 9.06. The molecule has 4 atom stereocenters. The lowest BCUT2D eigenvalue weighted by molar-refractivity contribution is -0.129. The maximum absolute atomic E-state index is 12.6. The van der Waals surface area contributed by atoms with E-state index in [0.717, 1.165) is 44.3 Å². The first-order valence-corrected chi connectivity index (χ1v) is 9.06. The number of benzene rings is 1. The van der Waals surface area contributed by atoms with Crippen molar-refractivity contribution in [3.63, 3.8) is 0 Å². The summed E-state index contributed by atoms with van der Waals surface area (Å²) in [5.74, 6) is 0.733. The average molecular weight is 364 g/mol. The molecule has 2 bridgehead atoms. The maximum Gasteiger partial charge on any atom is 0.246 e. The van der Waals surface area contributed by atoms with Crippen molar-refractivity contribution in [3.8, 4) is 0 Å². The predicted molar refractivity (Wildman–Crippen MR) is 99.7 cm³/mol. The Bertz CT molecular complexity index is 664. The molecule has 0 radical (unpaired) electrons. The van der Waals surface area contributed by atoms with Gasteiger partial charge in [-0.3, -0.25) is 9.59 Å². The highest BCUT2D eigenvalue weighted by Crippen LogP contribution is 2.47. The number of halogens is 1. The molecule has 6 heteroatoms. The highest BCUT2D eigenvalue weighted by atomic mass is 35.5. The van der Waals surface area contributed by atoms with Crippen LogP contribution in [0.15, 0.2) is 24.3 Å². The molecular weight excluding hydrogens is 338 g/mol. The van der Waals surface area contributed by atoms with E-state index in [4.69, 9.17) is 5.73 Å². The van der Waals surface area contributed by atoms with Crippen LogP contribution in [0.4, 0.5) is 5.69 Å². The highest BCUT2D eigenvalue weighted by molar-refractivity contribution is 5.98. The number of hydrogen-bond acceptors (Lipinski definition) is 3. The van der Waals surface area contributed by atoms with Crippen molar-refractivity contribution in [1.29, 1.82) is 0 Å². The predicted octanol–water partition coefficient (Wildman–Crippen LogP) is 1.88. The van der Waals surface area contributed by atoms with Gasteiger partial charge in [-0.15, -0.1) is 12.4 Å². The minimum atomic E-state index is -0.106. The van der Waals surface area contributed by atoms with Crippen LogP contribution >= 0.6 is 12.4 Å². The minimum absolute atomic E-state index is 0. The van der Waals surface area contributed by atoms with Crippen LogP contribution in [0.1, 0.15) is 31.2 Å². The van der Waals surface area contributed by atoms with Crippen LogP contribution in [-0.4, -0.2) is 30.9 Å². The molecule has 1 aromatic carbocycles. The Kier molecular flexibility index (Phi) is 5.35. The molecule has 0 spiro atoms. The van der Waals surface area contributed by atoms with E-state index in [0.29, 0.717) is 11.8 Å². The largest absolute Gasteiger partial charge is 0.347 e. The number of carbonyl (C=O) groups excluding carboxylic acids is 2. The lowest BCUT2D eigenvalue weighted by Gasteiger charge is -2.30. The first kappa shape index (κ1) is 18.2. The molecule has 0 aromatic heterocycles. The molecule has 2 amide bonds. The third-order valence-corrected chi connectivity index (χ3v) is 6.11. The number of fused-ring (bicyclic) bond motifs is 3. The Labute approximate surface area is 154 Å². The first-order chi connectivity index (χ1) is 11.6. The molecule has 2 saturated carbocycles. The number of carbonyl (C=O) groups is 2. The molecule has 5 nitrogen and oxygen atoms in total. The number of para-hydroxylation sites is 1. The summed E-state index contributed by atoms with van der Waals surface area (Å²) in [6.07, 6.45) is 5.30. The van der Waals surface area contributed by atoms with E-state index in [9.17, 15) is 9.59 Å². The smallest absolute Gasteiger partial charge is 0.246 e. The van der Waals surface area contributed by atoms with E-state index >= 15 is 0 Å². The molecule has 25 heavy (non-hydrogen) atoms. The van der Waals surface area contributed by atoms with Gasteiger partial charge in [0.2, 0.25) is 11.8 Å². The van der Waals surface area contributed by atoms with Crippen LogP contribution in [0.3, 0.4) is 0 Å². The summed E-state index contributed by atoms with van der Waals surface area (Å²) in [6, 6.07) is 7.99. The number of aryl methyl sites for hydroxylation is 1. The van der Waals surface area contributed by atoms with Crippen LogP contribution in [0, 0.1) is 17.8 Å². The SMILES string of the molecule is Cl.NC1C2CCC(C2)C1C(=O)NCC(=O)N1CCCc2ccccc21. The third-order valence-electron chi connectivity index (χ3n) is 6.11. The van der Waals surface area contributed by atoms with Crippen LogP contribution in [-0.2, 0) is 16.0 Å². The molecule has 1 aliphatic heterocycles. The van der Waals surface area contributed by atoms with Gasteiger partial charge >= 0.3 is 0 Å². The monoisotopic (exact) mass is 363 g/mol. The van der Waals surface area contributed by atoms with Crippen LogP contribution < -0.4 is 16.0 Å². The summed E-state index contributed by atoms with van der Waals surface area (Å²) in [6.45, 7) is 0.785. The Morgan fingerprint density at radius 3 is 2.72 bits per heavy atom. The summed E-state index contributed by atoms with van der Waals surface area (Å²) < 4.78 is 0. The number of rotatable bonds is 3. The van der Waals surface area contributed by atoms with Crippen molar-refractivity contribution in [2.45, 2.75) is 38.1 Å². The van der Waals surface area contributed by atoms with Crippen molar-refractivity contribution >= 4 is 29.9 Å². The second kappa shape index (κ2) is 7.34. The second-order valence-electron chi connectivity index (χ2n) is 7.43. The number of nitrogens with two attached hydrogens (primary N) is 1. The Balaban J connectivity index is 0.00000182. The quantitative estimate of drug-likeness (QED) is 0.860. The van der Waals surface area contributed by atoms with Crippen molar-refractivity contribution in [3.05, 3.63) is 29.8 Å². The summed E-state index contributed by atoms with van der Waals surface area (Å²) in [4.78, 5) is 26.9. The standard InChI is InChI=1S/C19H25N3O2.ClH/c20-18-14-8-7-13(10-14)17(18)19(24)21-11-16(23)22-9-3-5-12-4-1-2-6-15(12)22;/h1-2,4,6,13-14,17-18H,3,5,7-11,20H2,(H,21,24);1H. The Morgan fingerprint density at radius 2 is 1.96 bits per heavy atom. The Hall–Kier alpha value is -1.59. The molecular formula is C19H26ClN3O2. The zero-order valence-electron chi connectivity index (χ0n) is 14.3. The van der Waals surface area contributed by atoms with Gasteiger partial charge in [0.05, 0.1) is 12.5 Å². The van der Waals surface area contributed by atoms with E-state index < -0.39 is 0 Å². The van der Waals surface area contributed by atoms with E-state index in [1.807, 2.05) is 18.2 Å². The van der Waals surface area contributed by atoms with Gasteiger partial charge in [0.1, 0.15) is 0 Å². The molecule has 3 N–H and O–H groups in total. The fourth-order valence-electron chi connectivity index (χ4n) is 4.89. The van der Waals surface area contributed by atoms with Gasteiger partial charge in [-0.25, -0.2) is 0 Å². The molecule has 2 fully saturated rings. The van der Waals surface area contributed by atoms with Crippen molar-refractivity contribution < 1.29 is 9.59 Å². The Morgan fingerprint density at radius 1 is 1.20 bits per heavy atom. The summed E-state index contributed by atoms with van der Waals surface area (Å²) in [7, 11) is 0. The number of hydrogen-bond donors (Lipinski definition) is 2. The summed E-state index contributed by atoms with van der Waals surface area (Å²) >= 11 is 0. The van der Waals surface area contributed by atoms with Gasteiger partial charge in [-0.2, -0.15) is 0 Å². The number of nitrogens with one attached hydrogen (secondary N) is 1. The number of nitrogens with zero attached hydrogens (tertiary/aromatic N) is 1. The zero-order chi connectivity index (χ0) is 16.7. The fraction of sp³-hybridized carbons (Fsp3) is 0.579. The van der Waals surface area contributed by atoms with E-state index in [-0.39, 0.29) is 42.7 Å². The van der Waals surface area contributed by atoms with E-state index in [1.165, 1.54) is 5.56 Å². The van der Waals surface area contributed by atoms with Gasteiger partial charge in [0.15, 0.2) is 0 Å². The zero-order valence-corrected chi connectivity index (χ0v) is 15.1. The van der Waals surface area contributed by atoms with Crippen LogP contribution in [0.5, 0.6) is 0 Å². The van der Waals surface area contributed by atoms with Crippen molar-refractivity contribution in [2.24, 2.45) is 23.5 Å². The maximum atomic E-state index is 12.6. The molecule has 2 aliphatic carbocycles. The topological polar surface area (TPSA) is 75.4 Å². The second-order valence-corrected chi connectivity index (χ2v) is 7.43. The van der Waals surface area contributed by atoms with Crippen molar-refractivity contribution in [2.75, 3.05) is 18.0 Å². The fourth-order valence-corrected chi connectivity index (χ4v) is 4.89. The molecule has 4 unspecified atom stereocenters. The van der Waals surface area contributed by atoms with Crippen LogP contribution in [0.2, 0.25) is 0 Å². The lowest BCUT2D eigenvalue weighted by atomic mass is 9.84. The van der Waals surface area contributed by atoms with Gasteiger partial charge in [0.25, 0.3) is 0 Å². The van der Waals surface area contributed by atoms with Gasteiger partial charge in [-0.05, 0) is 55.6 Å². The van der Waals surface area contributed by atoms with E-state index in [1.54, 1.807) is 4.90 Å². The van der Waals surface area contributed by atoms with Gasteiger partial charge < -0.3 is 16.0 Å². The third kappa shape index (κ3) is 3.27. The molecule has 3 aliphatic rings. The molecule has 0 saturated heterocycles. The van der Waals surface area contributed by atoms with Gasteiger partial charge in [0, 0.05) is 18.3 Å². The van der Waals surface area contributed by atoms with Crippen LogP contribution in [0.25, 0.3) is 0 Å². The summed E-state index contributed by atoms with van der Waals surface area (Å²) in [5.41, 5.74) is 8.41. The highest BCUT2D eigenvalue weighted by Gasteiger charge is 2.49.